The second-order valence-electron chi connectivity index (χ2n) is 5.59. The number of nitrogens with zero attached hydrogens (tertiary/aromatic N) is 1. The first-order chi connectivity index (χ1) is 12.4. The molecule has 1 saturated heterocycles. The van der Waals surface area contributed by atoms with Crippen molar-refractivity contribution in [3.8, 4) is 0 Å². The predicted octanol–water partition coefficient (Wildman–Crippen LogP) is 5.16. The van der Waals surface area contributed by atoms with Crippen LogP contribution in [0.2, 0.25) is 0 Å². The number of rotatable bonds is 3. The summed E-state index contributed by atoms with van der Waals surface area (Å²) < 4.78 is 39.2. The number of para-hydroxylation sites is 1. The van der Waals surface area contributed by atoms with Gasteiger partial charge in [0, 0.05) is 0 Å². The molecule has 0 unspecified atom stereocenters. The van der Waals surface area contributed by atoms with E-state index in [-0.39, 0.29) is 16.8 Å². The molecule has 26 heavy (non-hydrogen) atoms. The van der Waals surface area contributed by atoms with Gasteiger partial charge in [-0.15, -0.1) is 0 Å². The number of amidine groups is 1. The smallest absolute Gasteiger partial charge is 0.300 e. The molecule has 0 atom stereocenters. The number of benzene rings is 2. The Morgan fingerprint density at radius 3 is 2.46 bits per heavy atom. The van der Waals surface area contributed by atoms with Crippen LogP contribution >= 0.6 is 11.8 Å². The van der Waals surface area contributed by atoms with Crippen LogP contribution in [0.3, 0.4) is 0 Å². The quantitative estimate of drug-likeness (QED) is 0.752. The Morgan fingerprint density at radius 2 is 1.81 bits per heavy atom. The van der Waals surface area contributed by atoms with Crippen molar-refractivity contribution in [2.45, 2.75) is 19.5 Å². The Hall–Kier alpha value is -2.54. The molecule has 1 N–H and O–H groups in total. The van der Waals surface area contributed by atoms with E-state index in [1.165, 1.54) is 23.8 Å². The van der Waals surface area contributed by atoms with Crippen LogP contribution in [0.15, 0.2) is 58.4 Å². The third-order valence-corrected chi connectivity index (χ3v) is 4.68. The summed E-state index contributed by atoms with van der Waals surface area (Å²) >= 11 is 1.02. The van der Waals surface area contributed by atoms with Gasteiger partial charge in [0.25, 0.3) is 5.91 Å². The van der Waals surface area contributed by atoms with Gasteiger partial charge >= 0.3 is 6.18 Å². The lowest BCUT2D eigenvalue weighted by Gasteiger charge is -2.09. The molecule has 0 saturated carbocycles. The fourth-order valence-electron chi connectivity index (χ4n) is 2.40. The molecular formula is C19H15F3N2OS. The maximum atomic E-state index is 13.1. The summed E-state index contributed by atoms with van der Waals surface area (Å²) in [6, 6.07) is 12.7. The molecule has 3 rings (SSSR count). The van der Waals surface area contributed by atoms with Crippen LogP contribution in [0.4, 0.5) is 18.9 Å². The molecule has 0 spiro atoms. The van der Waals surface area contributed by atoms with Crippen LogP contribution in [-0.4, -0.2) is 11.1 Å². The highest BCUT2D eigenvalue weighted by molar-refractivity contribution is 8.18. The first-order valence-electron chi connectivity index (χ1n) is 7.91. The largest absolute Gasteiger partial charge is 0.418 e. The van der Waals surface area contributed by atoms with Gasteiger partial charge in [0.1, 0.15) is 0 Å². The molecule has 0 radical (unpaired) electrons. The number of halogens is 3. The van der Waals surface area contributed by atoms with Crippen molar-refractivity contribution >= 4 is 34.6 Å². The zero-order valence-electron chi connectivity index (χ0n) is 13.8. The Bertz CT molecular complexity index is 886. The van der Waals surface area contributed by atoms with Gasteiger partial charge in [0.2, 0.25) is 0 Å². The second-order valence-corrected chi connectivity index (χ2v) is 6.62. The van der Waals surface area contributed by atoms with Gasteiger partial charge in [-0.25, -0.2) is 4.99 Å². The number of carbonyl (C=O) groups excluding carboxylic acids is 1. The molecule has 1 aliphatic heterocycles. The van der Waals surface area contributed by atoms with Crippen LogP contribution in [0, 0.1) is 0 Å². The van der Waals surface area contributed by atoms with E-state index < -0.39 is 11.7 Å². The van der Waals surface area contributed by atoms with Gasteiger partial charge < -0.3 is 5.32 Å². The zero-order valence-corrected chi connectivity index (χ0v) is 14.6. The summed E-state index contributed by atoms with van der Waals surface area (Å²) in [4.78, 5) is 16.4. The van der Waals surface area contributed by atoms with E-state index >= 15 is 0 Å². The lowest BCUT2D eigenvalue weighted by molar-refractivity contribution is -0.137. The summed E-state index contributed by atoms with van der Waals surface area (Å²) in [6.45, 7) is 2.05. The average Bonchev–Trinajstić information content (AvgIpc) is 2.94. The van der Waals surface area contributed by atoms with Crippen LogP contribution in [0.5, 0.6) is 0 Å². The first kappa shape index (κ1) is 18.3. The highest BCUT2D eigenvalue weighted by atomic mass is 32.2. The summed E-state index contributed by atoms with van der Waals surface area (Å²) in [5.74, 6) is -0.377. The van der Waals surface area contributed by atoms with Gasteiger partial charge in [-0.3, -0.25) is 4.79 Å². The van der Waals surface area contributed by atoms with E-state index in [4.69, 9.17) is 0 Å². The number of aliphatic imine (C=N–C) groups is 1. The number of hydrogen-bond donors (Lipinski definition) is 1. The number of nitrogens with one attached hydrogen (secondary N) is 1. The summed E-state index contributed by atoms with van der Waals surface area (Å²) in [5.41, 5.74) is 0.963. The molecular weight excluding hydrogens is 361 g/mol. The predicted molar refractivity (Wildman–Crippen MR) is 98.1 cm³/mol. The van der Waals surface area contributed by atoms with E-state index in [9.17, 15) is 18.0 Å². The van der Waals surface area contributed by atoms with Gasteiger partial charge in [-0.2, -0.15) is 13.2 Å². The van der Waals surface area contributed by atoms with Gasteiger partial charge in [-0.05, 0) is 47.5 Å². The molecule has 2 aromatic carbocycles. The Labute approximate surface area is 153 Å². The lowest BCUT2D eigenvalue weighted by atomic mass is 10.1. The third-order valence-electron chi connectivity index (χ3n) is 3.77. The summed E-state index contributed by atoms with van der Waals surface area (Å²) in [7, 11) is 0. The standard InChI is InChI=1S/C19H15F3N2OS/c1-2-12-7-9-13(10-8-12)11-16-17(25)24-18(26-16)23-15-6-4-3-5-14(15)19(20,21)22/h3-11H,2H2,1H3,(H,23,24,25). The topological polar surface area (TPSA) is 41.5 Å². The molecule has 134 valence electrons. The van der Waals surface area contributed by atoms with Gasteiger partial charge in [0.15, 0.2) is 5.17 Å². The lowest BCUT2D eigenvalue weighted by Crippen LogP contribution is -2.19. The van der Waals surface area contributed by atoms with Crippen molar-refractivity contribution in [1.29, 1.82) is 0 Å². The number of amides is 1. The maximum Gasteiger partial charge on any atom is 0.418 e. The number of carbonyl (C=O) groups is 1. The van der Waals surface area contributed by atoms with Gasteiger partial charge in [-0.1, -0.05) is 43.3 Å². The third kappa shape index (κ3) is 4.16. The van der Waals surface area contributed by atoms with Crippen molar-refractivity contribution in [3.05, 3.63) is 70.1 Å². The van der Waals surface area contributed by atoms with Crippen molar-refractivity contribution in [2.24, 2.45) is 4.99 Å². The van der Waals surface area contributed by atoms with Crippen molar-refractivity contribution < 1.29 is 18.0 Å². The fourth-order valence-corrected chi connectivity index (χ4v) is 3.24. The minimum atomic E-state index is -4.51. The maximum absolute atomic E-state index is 13.1. The van der Waals surface area contributed by atoms with E-state index in [0.29, 0.717) is 4.91 Å². The number of aryl methyl sites for hydroxylation is 1. The van der Waals surface area contributed by atoms with Crippen molar-refractivity contribution in [2.75, 3.05) is 0 Å². The van der Waals surface area contributed by atoms with Crippen LogP contribution in [0.1, 0.15) is 23.6 Å². The first-order valence-corrected chi connectivity index (χ1v) is 8.73. The molecule has 0 aliphatic carbocycles. The van der Waals surface area contributed by atoms with E-state index in [0.717, 1.165) is 29.8 Å². The van der Waals surface area contributed by atoms with E-state index in [1.54, 1.807) is 6.08 Å². The molecule has 3 nitrogen and oxygen atoms in total. The Balaban J connectivity index is 1.86. The van der Waals surface area contributed by atoms with Crippen molar-refractivity contribution in [1.82, 2.24) is 5.32 Å². The molecule has 0 aromatic heterocycles. The van der Waals surface area contributed by atoms with Gasteiger partial charge in [0.05, 0.1) is 16.2 Å². The normalized spacial score (nSPS) is 17.8. The molecule has 1 amide bonds. The minimum absolute atomic E-state index is 0.128. The molecule has 1 fully saturated rings. The minimum Gasteiger partial charge on any atom is -0.300 e. The highest BCUT2D eigenvalue weighted by Gasteiger charge is 2.34. The van der Waals surface area contributed by atoms with E-state index in [2.05, 4.69) is 17.2 Å². The molecule has 0 bridgehead atoms. The van der Waals surface area contributed by atoms with E-state index in [1.807, 2.05) is 24.3 Å². The number of alkyl halides is 3. The molecule has 2 aromatic rings. The van der Waals surface area contributed by atoms with Crippen LogP contribution in [0.25, 0.3) is 6.08 Å². The Kier molecular flexibility index (Phi) is 5.18. The number of thioether (sulfide) groups is 1. The Morgan fingerprint density at radius 1 is 1.12 bits per heavy atom. The van der Waals surface area contributed by atoms with Crippen molar-refractivity contribution in [3.63, 3.8) is 0 Å². The van der Waals surface area contributed by atoms with Crippen LogP contribution in [-0.2, 0) is 17.4 Å². The second kappa shape index (κ2) is 7.37. The van der Waals surface area contributed by atoms with Crippen LogP contribution < -0.4 is 5.32 Å². The monoisotopic (exact) mass is 376 g/mol. The highest BCUT2D eigenvalue weighted by Crippen LogP contribution is 2.37. The SMILES string of the molecule is CCc1ccc(C=C2SC(=Nc3ccccc3C(F)(F)F)NC2=O)cc1. The summed E-state index contributed by atoms with van der Waals surface area (Å²) in [6.07, 6.45) is -1.90. The number of hydrogen-bond acceptors (Lipinski definition) is 3. The molecule has 1 aliphatic rings. The summed E-state index contributed by atoms with van der Waals surface area (Å²) in [5, 5.41) is 2.64. The fraction of sp³-hybridized carbons (Fsp3) is 0.158. The zero-order chi connectivity index (χ0) is 18.7. The molecule has 1 heterocycles. The average molecular weight is 376 g/mol. The molecule has 7 heteroatoms.